The highest BCUT2D eigenvalue weighted by Crippen LogP contribution is 2.24. The van der Waals surface area contributed by atoms with Gasteiger partial charge in [-0.2, -0.15) is 5.10 Å². The maximum Gasteiger partial charge on any atom is 0.253 e. The number of H-pyrrole nitrogens is 1. The molecule has 0 saturated carbocycles. The number of rotatable bonds is 4. The summed E-state index contributed by atoms with van der Waals surface area (Å²) in [5, 5.41) is 9.11. The summed E-state index contributed by atoms with van der Waals surface area (Å²) in [6, 6.07) is 15.7. The van der Waals surface area contributed by atoms with E-state index in [-0.39, 0.29) is 5.91 Å². The maximum absolute atomic E-state index is 11.9. The van der Waals surface area contributed by atoms with Gasteiger partial charge < -0.3 is 10.3 Å². The number of anilines is 1. The third-order valence-electron chi connectivity index (χ3n) is 4.39. The van der Waals surface area contributed by atoms with Gasteiger partial charge in [0.25, 0.3) is 5.91 Å². The number of amides is 1. The molecule has 0 bridgehead atoms. The number of nitrogens with zero attached hydrogens (tertiary/aromatic N) is 3. The summed E-state index contributed by atoms with van der Waals surface area (Å²) in [6.07, 6.45) is 4.30. The van der Waals surface area contributed by atoms with Gasteiger partial charge in [-0.1, -0.05) is 18.2 Å². The number of aromatic nitrogens is 2. The van der Waals surface area contributed by atoms with Crippen LogP contribution in [0.5, 0.6) is 0 Å². The number of carbonyl (C=O) groups is 1. The Morgan fingerprint density at radius 1 is 1.19 bits per heavy atom. The van der Waals surface area contributed by atoms with Gasteiger partial charge in [0.1, 0.15) is 0 Å². The van der Waals surface area contributed by atoms with E-state index >= 15 is 0 Å². The maximum atomic E-state index is 11.9. The Morgan fingerprint density at radius 3 is 2.85 bits per heavy atom. The van der Waals surface area contributed by atoms with Crippen molar-refractivity contribution in [2.75, 3.05) is 18.6 Å². The van der Waals surface area contributed by atoms with Gasteiger partial charge in [-0.05, 0) is 30.3 Å². The number of hydrogen-bond acceptors (Lipinski definition) is 4. The van der Waals surface area contributed by atoms with Crippen LogP contribution in [0.3, 0.4) is 0 Å². The molecule has 0 aliphatic carbocycles. The second kappa shape index (κ2) is 6.84. The highest BCUT2D eigenvalue weighted by atomic mass is 16.1. The Kier molecular flexibility index (Phi) is 4.23. The standard InChI is InChI=1S/C20H19N5O/c1-25(16-5-3-2-4-6-16)23-13-15-11-14(7-9-21-15)19-12-17-18(24-19)8-10-22-20(17)26/h2-7,9,11-13,24H,8,10H2,1H3,(H,22,26). The van der Waals surface area contributed by atoms with Crippen LogP contribution < -0.4 is 10.3 Å². The molecule has 2 aromatic heterocycles. The first kappa shape index (κ1) is 16.1. The van der Waals surface area contributed by atoms with Crippen molar-refractivity contribution in [3.8, 4) is 11.3 Å². The predicted molar refractivity (Wildman–Crippen MR) is 102 cm³/mol. The topological polar surface area (TPSA) is 73.4 Å². The van der Waals surface area contributed by atoms with Gasteiger partial charge in [0.05, 0.1) is 23.2 Å². The lowest BCUT2D eigenvalue weighted by molar-refractivity contribution is 0.0946. The van der Waals surface area contributed by atoms with Crippen LogP contribution in [-0.4, -0.2) is 35.7 Å². The monoisotopic (exact) mass is 345 g/mol. The Labute approximate surface area is 151 Å². The fraction of sp³-hybridized carbons (Fsp3) is 0.150. The molecule has 0 spiro atoms. The minimum Gasteiger partial charge on any atom is -0.358 e. The molecule has 1 amide bonds. The molecule has 0 saturated heterocycles. The SMILES string of the molecule is CN(N=Cc1cc(-c2cc3c([nH]2)CCNC3=O)ccn1)c1ccccc1. The molecular weight excluding hydrogens is 326 g/mol. The summed E-state index contributed by atoms with van der Waals surface area (Å²) >= 11 is 0. The zero-order chi connectivity index (χ0) is 17.9. The molecule has 2 N–H and O–H groups in total. The number of hydrazone groups is 1. The minimum atomic E-state index is -0.0194. The fourth-order valence-electron chi connectivity index (χ4n) is 2.99. The Morgan fingerprint density at radius 2 is 2.04 bits per heavy atom. The number of fused-ring (bicyclic) bond motifs is 1. The van der Waals surface area contributed by atoms with Crippen molar-refractivity contribution in [2.45, 2.75) is 6.42 Å². The zero-order valence-corrected chi connectivity index (χ0v) is 14.4. The van der Waals surface area contributed by atoms with Crippen LogP contribution >= 0.6 is 0 Å². The van der Waals surface area contributed by atoms with E-state index in [2.05, 4.69) is 20.4 Å². The smallest absolute Gasteiger partial charge is 0.253 e. The Bertz CT molecular complexity index is 961. The molecule has 0 radical (unpaired) electrons. The molecular formula is C20H19N5O. The van der Waals surface area contributed by atoms with Gasteiger partial charge >= 0.3 is 0 Å². The van der Waals surface area contributed by atoms with Gasteiger partial charge in [0.15, 0.2) is 0 Å². The van der Waals surface area contributed by atoms with Crippen LogP contribution in [-0.2, 0) is 6.42 Å². The van der Waals surface area contributed by atoms with Crippen molar-refractivity contribution < 1.29 is 4.79 Å². The van der Waals surface area contributed by atoms with E-state index in [4.69, 9.17) is 0 Å². The predicted octanol–water partition coefficient (Wildman–Crippen LogP) is 2.83. The molecule has 3 aromatic rings. The van der Waals surface area contributed by atoms with Gasteiger partial charge in [-0.3, -0.25) is 14.8 Å². The highest BCUT2D eigenvalue weighted by molar-refractivity contribution is 5.97. The van der Waals surface area contributed by atoms with Gasteiger partial charge in [-0.15, -0.1) is 0 Å². The summed E-state index contributed by atoms with van der Waals surface area (Å²) in [4.78, 5) is 19.7. The zero-order valence-electron chi connectivity index (χ0n) is 14.4. The van der Waals surface area contributed by atoms with Crippen LogP contribution in [0.25, 0.3) is 11.3 Å². The Hall–Kier alpha value is -3.41. The number of carbonyl (C=O) groups excluding carboxylic acids is 1. The van der Waals surface area contributed by atoms with E-state index in [1.54, 1.807) is 17.4 Å². The van der Waals surface area contributed by atoms with Gasteiger partial charge in [-0.25, -0.2) is 0 Å². The van der Waals surface area contributed by atoms with Gasteiger partial charge in [0.2, 0.25) is 0 Å². The fourth-order valence-corrected chi connectivity index (χ4v) is 2.99. The number of pyridine rings is 1. The molecule has 3 heterocycles. The van der Waals surface area contributed by atoms with Crippen LogP contribution in [0.4, 0.5) is 5.69 Å². The van der Waals surface area contributed by atoms with Crippen LogP contribution in [0.1, 0.15) is 21.7 Å². The second-order valence-electron chi connectivity index (χ2n) is 6.15. The van der Waals surface area contributed by atoms with E-state index in [0.717, 1.165) is 40.3 Å². The summed E-state index contributed by atoms with van der Waals surface area (Å²) < 4.78 is 0. The molecule has 6 heteroatoms. The third-order valence-corrected chi connectivity index (χ3v) is 4.39. The van der Waals surface area contributed by atoms with Gasteiger partial charge in [0, 0.05) is 43.2 Å². The van der Waals surface area contributed by atoms with Crippen molar-refractivity contribution in [3.63, 3.8) is 0 Å². The number of aromatic amines is 1. The first-order valence-electron chi connectivity index (χ1n) is 8.50. The average molecular weight is 345 g/mol. The number of hydrogen-bond donors (Lipinski definition) is 2. The summed E-state index contributed by atoms with van der Waals surface area (Å²) in [5.41, 5.74) is 5.36. The number of nitrogens with one attached hydrogen (secondary N) is 2. The second-order valence-corrected chi connectivity index (χ2v) is 6.15. The van der Waals surface area contributed by atoms with Crippen molar-refractivity contribution in [1.29, 1.82) is 0 Å². The Balaban J connectivity index is 1.57. The van der Waals surface area contributed by atoms with E-state index in [9.17, 15) is 4.79 Å². The molecule has 0 atom stereocenters. The lowest BCUT2D eigenvalue weighted by Gasteiger charge is -2.12. The van der Waals surface area contributed by atoms with Crippen LogP contribution in [0, 0.1) is 0 Å². The van der Waals surface area contributed by atoms with Crippen LogP contribution in [0.15, 0.2) is 59.8 Å². The quantitative estimate of drug-likeness (QED) is 0.564. The van der Waals surface area contributed by atoms with Crippen molar-refractivity contribution in [3.05, 3.63) is 71.7 Å². The largest absolute Gasteiger partial charge is 0.358 e. The number of benzene rings is 1. The molecule has 1 aliphatic heterocycles. The molecule has 1 aromatic carbocycles. The summed E-state index contributed by atoms with van der Waals surface area (Å²) in [5.74, 6) is -0.0194. The normalized spacial score (nSPS) is 13.5. The van der Waals surface area contributed by atoms with Crippen LogP contribution in [0.2, 0.25) is 0 Å². The molecule has 0 unspecified atom stereocenters. The highest BCUT2D eigenvalue weighted by Gasteiger charge is 2.19. The first-order valence-corrected chi connectivity index (χ1v) is 8.50. The lowest BCUT2D eigenvalue weighted by atomic mass is 10.1. The molecule has 130 valence electrons. The van der Waals surface area contributed by atoms with E-state index in [0.29, 0.717) is 6.54 Å². The van der Waals surface area contributed by atoms with E-state index < -0.39 is 0 Å². The first-order chi connectivity index (χ1) is 12.7. The molecule has 0 fully saturated rings. The molecule has 26 heavy (non-hydrogen) atoms. The number of para-hydroxylation sites is 1. The molecule has 4 rings (SSSR count). The minimum absolute atomic E-state index is 0.0194. The molecule has 1 aliphatic rings. The summed E-state index contributed by atoms with van der Waals surface area (Å²) in [7, 11) is 1.90. The van der Waals surface area contributed by atoms with Crippen molar-refractivity contribution in [1.82, 2.24) is 15.3 Å². The van der Waals surface area contributed by atoms with Crippen molar-refractivity contribution >= 4 is 17.8 Å². The average Bonchev–Trinajstić information content (AvgIpc) is 3.13. The van der Waals surface area contributed by atoms with Crippen molar-refractivity contribution in [2.24, 2.45) is 5.10 Å². The van der Waals surface area contributed by atoms with E-state index in [1.165, 1.54) is 0 Å². The lowest BCUT2D eigenvalue weighted by Crippen LogP contribution is -2.31. The third kappa shape index (κ3) is 3.21. The molecule has 6 nitrogen and oxygen atoms in total. The van der Waals surface area contributed by atoms with E-state index in [1.807, 2.05) is 55.6 Å². The summed E-state index contributed by atoms with van der Waals surface area (Å²) in [6.45, 7) is 0.672.